The minimum Gasteiger partial charge on any atom is -0.378 e. The van der Waals surface area contributed by atoms with Crippen molar-refractivity contribution in [2.24, 2.45) is 5.84 Å². The number of hydrazine groups is 1. The highest BCUT2D eigenvalue weighted by molar-refractivity contribution is 5.95. The second kappa shape index (κ2) is 5.87. The van der Waals surface area contributed by atoms with Crippen molar-refractivity contribution in [3.8, 4) is 0 Å². The van der Waals surface area contributed by atoms with Crippen LogP contribution in [0.25, 0.3) is 10.9 Å². The van der Waals surface area contributed by atoms with Gasteiger partial charge in [0.05, 0.1) is 24.4 Å². The molecule has 0 amide bonds. The van der Waals surface area contributed by atoms with E-state index in [4.69, 9.17) is 15.6 Å². The molecule has 0 bridgehead atoms. The Bertz CT molecular complexity index is 650. The lowest BCUT2D eigenvalue weighted by molar-refractivity contribution is 0.122. The fourth-order valence-electron chi connectivity index (χ4n) is 2.95. The van der Waals surface area contributed by atoms with Crippen molar-refractivity contribution >= 4 is 22.3 Å². The number of aromatic nitrogens is 1. The number of hydrogen-bond acceptors (Lipinski definition) is 5. The van der Waals surface area contributed by atoms with Gasteiger partial charge in [0.2, 0.25) is 0 Å². The van der Waals surface area contributed by atoms with Gasteiger partial charge < -0.3 is 15.1 Å². The second-order valence-corrected chi connectivity index (χ2v) is 5.36. The molecule has 3 N–H and O–H groups in total. The van der Waals surface area contributed by atoms with E-state index in [0.717, 1.165) is 60.6 Å². The first-order valence-electron chi connectivity index (χ1n) is 7.47. The number of nitrogens with two attached hydrogens (primary N) is 1. The summed E-state index contributed by atoms with van der Waals surface area (Å²) >= 11 is 0. The number of nitrogens with zero attached hydrogens (tertiary/aromatic N) is 2. The quantitative estimate of drug-likeness (QED) is 0.669. The number of nitrogens with one attached hydrogen (secondary N) is 1. The van der Waals surface area contributed by atoms with Crippen LogP contribution >= 0.6 is 0 Å². The molecule has 0 atom stereocenters. The van der Waals surface area contributed by atoms with Gasteiger partial charge in [0.15, 0.2) is 0 Å². The van der Waals surface area contributed by atoms with Crippen LogP contribution in [0.2, 0.25) is 0 Å². The molecular weight excluding hydrogens is 264 g/mol. The zero-order valence-corrected chi connectivity index (χ0v) is 12.6. The van der Waals surface area contributed by atoms with Gasteiger partial charge in [0.25, 0.3) is 0 Å². The number of aryl methyl sites for hydroxylation is 1. The molecular formula is C16H22N4O. The Kier molecular flexibility index (Phi) is 3.94. The van der Waals surface area contributed by atoms with Gasteiger partial charge in [-0.3, -0.25) is 10.8 Å². The summed E-state index contributed by atoms with van der Waals surface area (Å²) in [5.41, 5.74) is 8.25. The van der Waals surface area contributed by atoms with Gasteiger partial charge in [-0.25, -0.2) is 0 Å². The van der Waals surface area contributed by atoms with Crippen LogP contribution in [0.3, 0.4) is 0 Å². The SMILES string of the molecule is CCc1nc2ccc(N3CCOCC3)cc2c(NN)c1C. The Morgan fingerprint density at radius 2 is 2.10 bits per heavy atom. The second-order valence-electron chi connectivity index (χ2n) is 5.36. The van der Waals surface area contributed by atoms with Crippen molar-refractivity contribution in [2.45, 2.75) is 20.3 Å². The van der Waals surface area contributed by atoms with E-state index in [1.807, 2.05) is 0 Å². The zero-order chi connectivity index (χ0) is 14.8. The van der Waals surface area contributed by atoms with Gasteiger partial charge in [-0.15, -0.1) is 0 Å². The minimum absolute atomic E-state index is 0.784. The lowest BCUT2D eigenvalue weighted by Crippen LogP contribution is -2.36. The predicted molar refractivity (Wildman–Crippen MR) is 86.7 cm³/mol. The number of morpholine rings is 1. The molecule has 1 aliphatic rings. The first kappa shape index (κ1) is 14.1. The first-order valence-corrected chi connectivity index (χ1v) is 7.47. The van der Waals surface area contributed by atoms with Crippen molar-refractivity contribution in [3.05, 3.63) is 29.5 Å². The van der Waals surface area contributed by atoms with E-state index >= 15 is 0 Å². The van der Waals surface area contributed by atoms with Crippen molar-refractivity contribution in [3.63, 3.8) is 0 Å². The van der Waals surface area contributed by atoms with Gasteiger partial charge in [0, 0.05) is 29.9 Å². The van der Waals surface area contributed by atoms with Crippen molar-refractivity contribution < 1.29 is 4.74 Å². The fourth-order valence-corrected chi connectivity index (χ4v) is 2.95. The van der Waals surface area contributed by atoms with E-state index in [2.05, 4.69) is 42.4 Å². The lowest BCUT2D eigenvalue weighted by atomic mass is 10.0. The van der Waals surface area contributed by atoms with Gasteiger partial charge in [-0.05, 0) is 37.1 Å². The van der Waals surface area contributed by atoms with Gasteiger partial charge in [-0.1, -0.05) is 6.92 Å². The van der Waals surface area contributed by atoms with Crippen LogP contribution < -0.4 is 16.2 Å². The number of nitrogen functional groups attached to an aromatic ring is 1. The number of hydrogen-bond donors (Lipinski definition) is 2. The number of anilines is 2. The third-order valence-electron chi connectivity index (χ3n) is 4.17. The molecule has 2 aromatic rings. The van der Waals surface area contributed by atoms with Gasteiger partial charge in [-0.2, -0.15) is 0 Å². The highest BCUT2D eigenvalue weighted by atomic mass is 16.5. The first-order chi connectivity index (χ1) is 10.2. The molecule has 5 nitrogen and oxygen atoms in total. The molecule has 21 heavy (non-hydrogen) atoms. The van der Waals surface area contributed by atoms with Crippen LogP contribution in [0.5, 0.6) is 0 Å². The number of rotatable bonds is 3. The fraction of sp³-hybridized carbons (Fsp3) is 0.438. The van der Waals surface area contributed by atoms with Crippen LogP contribution in [-0.4, -0.2) is 31.3 Å². The molecule has 1 fully saturated rings. The largest absolute Gasteiger partial charge is 0.378 e. The summed E-state index contributed by atoms with van der Waals surface area (Å²) in [6.45, 7) is 7.61. The minimum atomic E-state index is 0.784. The molecule has 1 aromatic heterocycles. The maximum Gasteiger partial charge on any atom is 0.0728 e. The van der Waals surface area contributed by atoms with Crippen LogP contribution in [0.1, 0.15) is 18.2 Å². The summed E-state index contributed by atoms with van der Waals surface area (Å²) < 4.78 is 5.42. The maximum atomic E-state index is 5.76. The molecule has 1 aromatic carbocycles. The van der Waals surface area contributed by atoms with Crippen molar-refractivity contribution in [1.29, 1.82) is 0 Å². The average molecular weight is 286 g/mol. The van der Waals surface area contributed by atoms with E-state index in [-0.39, 0.29) is 0 Å². The number of pyridine rings is 1. The number of fused-ring (bicyclic) bond motifs is 1. The highest BCUT2D eigenvalue weighted by Crippen LogP contribution is 2.31. The van der Waals surface area contributed by atoms with Crippen LogP contribution in [-0.2, 0) is 11.2 Å². The van der Waals surface area contributed by atoms with Gasteiger partial charge >= 0.3 is 0 Å². The summed E-state index contributed by atoms with van der Waals surface area (Å²) in [7, 11) is 0. The van der Waals surface area contributed by atoms with Crippen LogP contribution in [0.4, 0.5) is 11.4 Å². The lowest BCUT2D eigenvalue weighted by Gasteiger charge is -2.29. The van der Waals surface area contributed by atoms with E-state index in [1.54, 1.807) is 0 Å². The Morgan fingerprint density at radius 1 is 1.33 bits per heavy atom. The third kappa shape index (κ3) is 2.54. The molecule has 0 spiro atoms. The summed E-state index contributed by atoms with van der Waals surface area (Å²) in [5, 5.41) is 1.08. The molecule has 1 saturated heterocycles. The van der Waals surface area contributed by atoms with E-state index in [9.17, 15) is 0 Å². The topological polar surface area (TPSA) is 63.4 Å². The normalized spacial score (nSPS) is 15.5. The number of benzene rings is 1. The molecule has 1 aliphatic heterocycles. The Morgan fingerprint density at radius 3 is 2.76 bits per heavy atom. The third-order valence-corrected chi connectivity index (χ3v) is 4.17. The molecule has 0 unspecified atom stereocenters. The number of ether oxygens (including phenoxy) is 1. The molecule has 3 rings (SSSR count). The van der Waals surface area contributed by atoms with E-state index in [1.165, 1.54) is 5.69 Å². The van der Waals surface area contributed by atoms with Crippen LogP contribution in [0, 0.1) is 6.92 Å². The molecule has 5 heteroatoms. The Labute approximate surface area is 125 Å². The zero-order valence-electron chi connectivity index (χ0n) is 12.6. The average Bonchev–Trinajstić information content (AvgIpc) is 2.54. The summed E-state index contributed by atoms with van der Waals surface area (Å²) in [4.78, 5) is 7.09. The van der Waals surface area contributed by atoms with E-state index < -0.39 is 0 Å². The summed E-state index contributed by atoms with van der Waals surface area (Å²) in [5.74, 6) is 5.76. The highest BCUT2D eigenvalue weighted by Gasteiger charge is 2.14. The molecule has 0 saturated carbocycles. The molecule has 112 valence electrons. The summed E-state index contributed by atoms with van der Waals surface area (Å²) in [6.07, 6.45) is 0.904. The van der Waals surface area contributed by atoms with Crippen molar-refractivity contribution in [2.75, 3.05) is 36.6 Å². The molecule has 2 heterocycles. The van der Waals surface area contributed by atoms with E-state index in [0.29, 0.717) is 0 Å². The van der Waals surface area contributed by atoms with Gasteiger partial charge in [0.1, 0.15) is 0 Å². The maximum absolute atomic E-state index is 5.76. The monoisotopic (exact) mass is 286 g/mol. The predicted octanol–water partition coefficient (Wildman–Crippen LogP) is 2.23. The Balaban J connectivity index is 2.11. The Hall–Kier alpha value is -1.85. The van der Waals surface area contributed by atoms with Crippen molar-refractivity contribution in [1.82, 2.24) is 4.98 Å². The van der Waals surface area contributed by atoms with Crippen LogP contribution in [0.15, 0.2) is 18.2 Å². The standard InChI is InChI=1S/C16H22N4O/c1-3-14-11(2)16(19-17)13-10-12(4-5-15(13)18-14)20-6-8-21-9-7-20/h4-5,10H,3,6-9,17H2,1-2H3,(H,18,19). The molecule has 0 aliphatic carbocycles. The smallest absolute Gasteiger partial charge is 0.0728 e. The summed E-state index contributed by atoms with van der Waals surface area (Å²) in [6, 6.07) is 6.39. The molecule has 0 radical (unpaired) electrons.